The van der Waals surface area contributed by atoms with E-state index in [-0.39, 0.29) is 0 Å². The molecule has 6 heteroatoms. The molecule has 5 nitrogen and oxygen atoms in total. The first-order chi connectivity index (χ1) is 12.2. The molecule has 0 aliphatic heterocycles. The van der Waals surface area contributed by atoms with Gasteiger partial charge in [0.1, 0.15) is 5.82 Å². The van der Waals surface area contributed by atoms with Crippen LogP contribution < -0.4 is 15.5 Å². The molecule has 1 heterocycles. The second kappa shape index (κ2) is 10.6. The quantitative estimate of drug-likeness (QED) is 0.329. The second-order valence-electron chi connectivity index (χ2n) is 5.67. The van der Waals surface area contributed by atoms with Gasteiger partial charge in [-0.25, -0.2) is 9.98 Å². The minimum absolute atomic E-state index is 0.558. The van der Waals surface area contributed by atoms with Crippen LogP contribution in [0.25, 0.3) is 0 Å². The molecule has 0 aliphatic rings. The minimum atomic E-state index is 0.558. The van der Waals surface area contributed by atoms with Crippen LogP contribution in [-0.4, -0.2) is 43.9 Å². The van der Waals surface area contributed by atoms with Crippen molar-refractivity contribution in [2.75, 3.05) is 37.8 Å². The lowest BCUT2D eigenvalue weighted by Crippen LogP contribution is -2.38. The highest BCUT2D eigenvalue weighted by atomic mass is 32.2. The molecule has 0 saturated heterocycles. The van der Waals surface area contributed by atoms with Crippen molar-refractivity contribution in [2.45, 2.75) is 18.4 Å². The van der Waals surface area contributed by atoms with Gasteiger partial charge in [0.2, 0.25) is 0 Å². The number of thioether (sulfide) groups is 1. The van der Waals surface area contributed by atoms with Crippen molar-refractivity contribution in [1.82, 2.24) is 15.6 Å². The molecule has 0 fully saturated rings. The summed E-state index contributed by atoms with van der Waals surface area (Å²) in [5.41, 5.74) is 0.960. The molecule has 0 unspecified atom stereocenters. The lowest BCUT2D eigenvalue weighted by Gasteiger charge is -2.13. The zero-order valence-corrected chi connectivity index (χ0v) is 16.0. The van der Waals surface area contributed by atoms with Gasteiger partial charge in [-0.15, -0.1) is 11.8 Å². The van der Waals surface area contributed by atoms with Gasteiger partial charge in [-0.2, -0.15) is 0 Å². The molecule has 0 bridgehead atoms. The van der Waals surface area contributed by atoms with Gasteiger partial charge in [0, 0.05) is 37.8 Å². The average molecular weight is 358 g/mol. The van der Waals surface area contributed by atoms with Gasteiger partial charge in [-0.1, -0.05) is 24.3 Å². The topological polar surface area (TPSA) is 52.6 Å². The van der Waals surface area contributed by atoms with Gasteiger partial charge in [0.15, 0.2) is 5.96 Å². The Hall–Kier alpha value is -2.21. The number of aliphatic imine (C=N–C) groups is 1. The number of aromatic nitrogens is 1. The molecule has 134 valence electrons. The lowest BCUT2D eigenvalue weighted by atomic mass is 10.3. The van der Waals surface area contributed by atoms with E-state index in [0.29, 0.717) is 6.54 Å². The summed E-state index contributed by atoms with van der Waals surface area (Å²) in [7, 11) is 3.98. The summed E-state index contributed by atoms with van der Waals surface area (Å²) in [4.78, 5) is 12.5. The van der Waals surface area contributed by atoms with E-state index in [1.807, 2.05) is 55.0 Å². The SMILES string of the molecule is CCNC(=NCc1cccc(N(C)C)n1)NCCSc1ccccc1. The number of nitrogens with one attached hydrogen (secondary N) is 2. The number of hydrogen-bond acceptors (Lipinski definition) is 4. The Balaban J connectivity index is 1.84. The zero-order valence-electron chi connectivity index (χ0n) is 15.2. The molecule has 25 heavy (non-hydrogen) atoms. The Morgan fingerprint density at radius 1 is 1.08 bits per heavy atom. The third kappa shape index (κ3) is 7.05. The zero-order chi connectivity index (χ0) is 17.9. The van der Waals surface area contributed by atoms with E-state index in [9.17, 15) is 0 Å². The number of rotatable bonds is 8. The summed E-state index contributed by atoms with van der Waals surface area (Å²) < 4.78 is 0. The van der Waals surface area contributed by atoms with E-state index in [4.69, 9.17) is 0 Å². The van der Waals surface area contributed by atoms with Crippen molar-refractivity contribution in [1.29, 1.82) is 0 Å². The second-order valence-corrected chi connectivity index (χ2v) is 6.83. The molecule has 0 radical (unpaired) electrons. The van der Waals surface area contributed by atoms with Gasteiger partial charge >= 0.3 is 0 Å². The van der Waals surface area contributed by atoms with Crippen molar-refractivity contribution in [2.24, 2.45) is 4.99 Å². The Bertz CT molecular complexity index is 658. The highest BCUT2D eigenvalue weighted by Crippen LogP contribution is 2.15. The van der Waals surface area contributed by atoms with Gasteiger partial charge in [0.05, 0.1) is 12.2 Å². The van der Waals surface area contributed by atoms with Crippen LogP contribution in [0.2, 0.25) is 0 Å². The van der Waals surface area contributed by atoms with Crippen molar-refractivity contribution >= 4 is 23.5 Å². The third-order valence-electron chi connectivity index (χ3n) is 3.40. The van der Waals surface area contributed by atoms with Crippen molar-refractivity contribution < 1.29 is 0 Å². The summed E-state index contributed by atoms with van der Waals surface area (Å²) in [5, 5.41) is 6.66. The van der Waals surface area contributed by atoms with E-state index in [2.05, 4.69) is 51.8 Å². The molecule has 1 aromatic carbocycles. The van der Waals surface area contributed by atoms with Crippen molar-refractivity contribution in [3.8, 4) is 0 Å². The van der Waals surface area contributed by atoms with Crippen LogP contribution in [0.1, 0.15) is 12.6 Å². The first-order valence-electron chi connectivity index (χ1n) is 8.52. The predicted molar refractivity (Wildman–Crippen MR) is 109 cm³/mol. The molecular weight excluding hydrogens is 330 g/mol. The molecule has 2 aromatic rings. The standard InChI is InChI=1S/C19H27N5S/c1-4-20-19(21-13-14-25-17-10-6-5-7-11-17)22-15-16-9-8-12-18(23-16)24(2)3/h5-12H,4,13-15H2,1-3H3,(H2,20,21,22). The van der Waals surface area contributed by atoms with Gasteiger partial charge in [-0.3, -0.25) is 0 Å². The summed E-state index contributed by atoms with van der Waals surface area (Å²) in [5.74, 6) is 2.76. The van der Waals surface area contributed by atoms with Crippen molar-refractivity contribution in [3.63, 3.8) is 0 Å². The highest BCUT2D eigenvalue weighted by Gasteiger charge is 2.01. The summed E-state index contributed by atoms with van der Waals surface area (Å²) in [6, 6.07) is 16.5. The first kappa shape index (κ1) is 19.1. The fraction of sp³-hybridized carbons (Fsp3) is 0.368. The van der Waals surface area contributed by atoms with Crippen LogP contribution in [0.3, 0.4) is 0 Å². The normalized spacial score (nSPS) is 11.2. The number of benzene rings is 1. The smallest absolute Gasteiger partial charge is 0.191 e. The summed E-state index contributed by atoms with van der Waals surface area (Å²) >= 11 is 1.84. The Morgan fingerprint density at radius 2 is 1.88 bits per heavy atom. The number of nitrogens with zero attached hydrogens (tertiary/aromatic N) is 3. The Morgan fingerprint density at radius 3 is 2.60 bits per heavy atom. The monoisotopic (exact) mass is 357 g/mol. The number of guanidine groups is 1. The third-order valence-corrected chi connectivity index (χ3v) is 4.41. The number of anilines is 1. The molecule has 0 spiro atoms. The van der Waals surface area contributed by atoms with Gasteiger partial charge < -0.3 is 15.5 Å². The Labute approximate surface area is 155 Å². The molecular formula is C19H27N5S. The van der Waals surface area contributed by atoms with Crippen LogP contribution in [0.5, 0.6) is 0 Å². The van der Waals surface area contributed by atoms with E-state index < -0.39 is 0 Å². The van der Waals surface area contributed by atoms with Crippen LogP contribution in [0.15, 0.2) is 58.4 Å². The van der Waals surface area contributed by atoms with E-state index >= 15 is 0 Å². The van der Waals surface area contributed by atoms with E-state index in [1.54, 1.807) is 0 Å². The summed E-state index contributed by atoms with van der Waals surface area (Å²) in [6.07, 6.45) is 0. The minimum Gasteiger partial charge on any atom is -0.363 e. The fourth-order valence-electron chi connectivity index (χ4n) is 2.16. The van der Waals surface area contributed by atoms with Crippen molar-refractivity contribution in [3.05, 3.63) is 54.2 Å². The summed E-state index contributed by atoms with van der Waals surface area (Å²) in [6.45, 7) is 4.32. The maximum Gasteiger partial charge on any atom is 0.191 e. The fourth-order valence-corrected chi connectivity index (χ4v) is 2.95. The Kier molecular flexibility index (Phi) is 8.12. The lowest BCUT2D eigenvalue weighted by molar-refractivity contribution is 0.836. The molecule has 1 aromatic heterocycles. The molecule has 0 aliphatic carbocycles. The molecule has 0 saturated carbocycles. The predicted octanol–water partition coefficient (Wildman–Crippen LogP) is 3.00. The number of hydrogen-bond donors (Lipinski definition) is 2. The van der Waals surface area contributed by atoms with Crippen LogP contribution in [0, 0.1) is 0 Å². The van der Waals surface area contributed by atoms with Crippen LogP contribution in [-0.2, 0) is 6.54 Å². The molecule has 0 atom stereocenters. The molecule has 2 N–H and O–H groups in total. The maximum atomic E-state index is 4.63. The molecule has 0 amide bonds. The number of pyridine rings is 1. The maximum absolute atomic E-state index is 4.63. The van der Waals surface area contributed by atoms with Crippen LogP contribution in [0.4, 0.5) is 5.82 Å². The van der Waals surface area contributed by atoms with Crippen LogP contribution >= 0.6 is 11.8 Å². The van der Waals surface area contributed by atoms with E-state index in [0.717, 1.165) is 36.3 Å². The van der Waals surface area contributed by atoms with Gasteiger partial charge in [-0.05, 0) is 31.2 Å². The largest absolute Gasteiger partial charge is 0.363 e. The highest BCUT2D eigenvalue weighted by molar-refractivity contribution is 7.99. The average Bonchev–Trinajstić information content (AvgIpc) is 2.64. The van der Waals surface area contributed by atoms with Gasteiger partial charge in [0.25, 0.3) is 0 Å². The molecule has 2 rings (SSSR count). The first-order valence-corrected chi connectivity index (χ1v) is 9.51. The van der Waals surface area contributed by atoms with E-state index in [1.165, 1.54) is 4.90 Å².